The van der Waals surface area contributed by atoms with Crippen LogP contribution in [0, 0.1) is 11.6 Å². The maximum Gasteiger partial charge on any atom is 0.138 e. The van der Waals surface area contributed by atoms with Crippen LogP contribution < -0.4 is 0 Å². The number of hydrogen-bond donors (Lipinski definition) is 1. The Morgan fingerprint density at radius 1 is 1.15 bits per heavy atom. The number of hydrogen-bond acceptors (Lipinski definition) is 3. The quantitative estimate of drug-likeness (QED) is 0.914. The van der Waals surface area contributed by atoms with E-state index in [-0.39, 0.29) is 18.9 Å². The molecule has 1 heterocycles. The third kappa shape index (κ3) is 3.60. The Kier molecular flexibility index (Phi) is 4.44. The number of rotatable bonds is 5. The van der Waals surface area contributed by atoms with Crippen molar-refractivity contribution in [3.05, 3.63) is 47.5 Å². The lowest BCUT2D eigenvalue weighted by molar-refractivity contribution is 0.170. The van der Waals surface area contributed by atoms with Gasteiger partial charge in [0, 0.05) is 18.5 Å². The highest BCUT2D eigenvalue weighted by Gasteiger charge is 2.14. The summed E-state index contributed by atoms with van der Waals surface area (Å²) < 4.78 is 27.9. The summed E-state index contributed by atoms with van der Waals surface area (Å²) in [5.74, 6) is -0.625. The molecule has 0 saturated carbocycles. The molecule has 0 fully saturated rings. The van der Waals surface area contributed by atoms with Crippen molar-refractivity contribution in [2.45, 2.75) is 38.8 Å². The predicted octanol–water partition coefficient (Wildman–Crippen LogP) is 2.28. The smallest absolute Gasteiger partial charge is 0.138 e. The van der Waals surface area contributed by atoms with E-state index < -0.39 is 17.7 Å². The van der Waals surface area contributed by atoms with Crippen molar-refractivity contribution in [2.75, 3.05) is 0 Å². The molecule has 0 saturated heterocycles. The van der Waals surface area contributed by atoms with Crippen LogP contribution in [0.4, 0.5) is 8.78 Å². The molecular formula is C14H17F2N3O. The molecule has 1 unspecified atom stereocenters. The largest absolute Gasteiger partial charge is 0.392 e. The fourth-order valence-corrected chi connectivity index (χ4v) is 2.14. The second kappa shape index (κ2) is 6.09. The number of aliphatic hydroxyl groups is 1. The molecule has 20 heavy (non-hydrogen) atoms. The summed E-state index contributed by atoms with van der Waals surface area (Å²) in [6.45, 7) is 3.93. The minimum Gasteiger partial charge on any atom is -0.392 e. The van der Waals surface area contributed by atoms with Crippen molar-refractivity contribution in [3.8, 4) is 0 Å². The van der Waals surface area contributed by atoms with Gasteiger partial charge in [0.2, 0.25) is 0 Å². The van der Waals surface area contributed by atoms with Gasteiger partial charge in [0.05, 0.1) is 6.10 Å². The lowest BCUT2D eigenvalue weighted by Gasteiger charge is -2.13. The van der Waals surface area contributed by atoms with Crippen molar-refractivity contribution in [2.24, 2.45) is 0 Å². The van der Waals surface area contributed by atoms with E-state index in [9.17, 15) is 13.9 Å². The highest BCUT2D eigenvalue weighted by molar-refractivity contribution is 5.18. The molecule has 108 valence electrons. The minimum absolute atomic E-state index is 0.145. The third-order valence-electron chi connectivity index (χ3n) is 2.95. The summed E-state index contributed by atoms with van der Waals surface area (Å²) in [7, 11) is 0. The number of benzene rings is 1. The second-order valence-corrected chi connectivity index (χ2v) is 5.05. The molecule has 4 nitrogen and oxygen atoms in total. The fraction of sp³-hybridized carbons (Fsp3) is 0.429. The topological polar surface area (TPSA) is 50.9 Å². The van der Waals surface area contributed by atoms with Gasteiger partial charge in [0.1, 0.15) is 23.8 Å². The first-order valence-electron chi connectivity index (χ1n) is 6.47. The zero-order valence-electron chi connectivity index (χ0n) is 11.4. The molecule has 0 bridgehead atoms. The SMILES string of the molecule is CC(C)n1ncnc1CC(O)Cc1cc(F)cc(F)c1. The first kappa shape index (κ1) is 14.6. The summed E-state index contributed by atoms with van der Waals surface area (Å²) in [5, 5.41) is 14.1. The summed E-state index contributed by atoms with van der Waals surface area (Å²) in [6, 6.07) is 3.40. The summed E-state index contributed by atoms with van der Waals surface area (Å²) in [4.78, 5) is 4.10. The van der Waals surface area contributed by atoms with Crippen LogP contribution in [0.1, 0.15) is 31.3 Å². The van der Waals surface area contributed by atoms with Gasteiger partial charge in [-0.3, -0.25) is 0 Å². The number of aromatic nitrogens is 3. The van der Waals surface area contributed by atoms with E-state index in [4.69, 9.17) is 0 Å². The molecule has 1 atom stereocenters. The van der Waals surface area contributed by atoms with E-state index in [2.05, 4.69) is 10.1 Å². The molecule has 1 aromatic carbocycles. The van der Waals surface area contributed by atoms with Gasteiger partial charge in [-0.05, 0) is 38.0 Å². The molecule has 0 aliphatic rings. The minimum atomic E-state index is -0.766. The van der Waals surface area contributed by atoms with Gasteiger partial charge in [0.15, 0.2) is 0 Å². The second-order valence-electron chi connectivity index (χ2n) is 5.05. The van der Waals surface area contributed by atoms with Crippen molar-refractivity contribution >= 4 is 0 Å². The summed E-state index contributed by atoms with van der Waals surface area (Å²) in [6.07, 6.45) is 1.12. The Morgan fingerprint density at radius 3 is 2.40 bits per heavy atom. The zero-order valence-corrected chi connectivity index (χ0v) is 11.4. The standard InChI is InChI=1S/C14H17F2N3O/c1-9(2)19-14(17-8-18-19)7-13(20)5-10-3-11(15)6-12(16)4-10/h3-4,6,8-9,13,20H,5,7H2,1-2H3. The van der Waals surface area contributed by atoms with Crippen molar-refractivity contribution in [3.63, 3.8) is 0 Å². The van der Waals surface area contributed by atoms with E-state index >= 15 is 0 Å². The van der Waals surface area contributed by atoms with Crippen LogP contribution in [0.3, 0.4) is 0 Å². The van der Waals surface area contributed by atoms with Gasteiger partial charge in [-0.1, -0.05) is 0 Å². The summed E-state index contributed by atoms with van der Waals surface area (Å²) >= 11 is 0. The van der Waals surface area contributed by atoms with E-state index in [1.807, 2.05) is 13.8 Å². The Balaban J connectivity index is 2.05. The lowest BCUT2D eigenvalue weighted by atomic mass is 10.0. The maximum absolute atomic E-state index is 13.1. The highest BCUT2D eigenvalue weighted by Crippen LogP contribution is 2.13. The first-order valence-corrected chi connectivity index (χ1v) is 6.47. The van der Waals surface area contributed by atoms with E-state index in [1.54, 1.807) is 4.68 Å². The third-order valence-corrected chi connectivity index (χ3v) is 2.95. The highest BCUT2D eigenvalue weighted by atomic mass is 19.1. The Hall–Kier alpha value is -1.82. The number of halogens is 2. The average molecular weight is 281 g/mol. The predicted molar refractivity (Wildman–Crippen MR) is 70.2 cm³/mol. The molecule has 0 amide bonds. The van der Waals surface area contributed by atoms with Gasteiger partial charge in [-0.25, -0.2) is 18.4 Å². The van der Waals surface area contributed by atoms with Gasteiger partial charge >= 0.3 is 0 Å². The normalized spacial score (nSPS) is 12.9. The average Bonchev–Trinajstić information content (AvgIpc) is 2.75. The molecule has 0 aliphatic carbocycles. The fourth-order valence-electron chi connectivity index (χ4n) is 2.14. The van der Waals surface area contributed by atoms with Crippen molar-refractivity contribution in [1.29, 1.82) is 0 Å². The van der Waals surface area contributed by atoms with E-state index in [0.29, 0.717) is 11.4 Å². The maximum atomic E-state index is 13.1. The van der Waals surface area contributed by atoms with Crippen LogP contribution in [0.5, 0.6) is 0 Å². The van der Waals surface area contributed by atoms with Gasteiger partial charge in [-0.2, -0.15) is 5.10 Å². The van der Waals surface area contributed by atoms with Gasteiger partial charge in [-0.15, -0.1) is 0 Å². The molecule has 1 N–H and O–H groups in total. The molecular weight excluding hydrogens is 264 g/mol. The Bertz CT molecular complexity index is 563. The van der Waals surface area contributed by atoms with E-state index in [1.165, 1.54) is 18.5 Å². The van der Waals surface area contributed by atoms with Crippen LogP contribution in [0.2, 0.25) is 0 Å². The van der Waals surface area contributed by atoms with Crippen LogP contribution >= 0.6 is 0 Å². The molecule has 1 aromatic heterocycles. The molecule has 6 heteroatoms. The molecule has 0 radical (unpaired) electrons. The zero-order chi connectivity index (χ0) is 14.7. The Morgan fingerprint density at radius 2 is 1.80 bits per heavy atom. The number of aliphatic hydroxyl groups excluding tert-OH is 1. The van der Waals surface area contributed by atoms with Crippen molar-refractivity contribution in [1.82, 2.24) is 14.8 Å². The van der Waals surface area contributed by atoms with Crippen LogP contribution in [-0.2, 0) is 12.8 Å². The molecule has 0 spiro atoms. The molecule has 0 aliphatic heterocycles. The van der Waals surface area contributed by atoms with Crippen LogP contribution in [0.25, 0.3) is 0 Å². The monoisotopic (exact) mass is 281 g/mol. The lowest BCUT2D eigenvalue weighted by Crippen LogP contribution is -2.19. The van der Waals surface area contributed by atoms with Crippen LogP contribution in [-0.4, -0.2) is 26.0 Å². The summed E-state index contributed by atoms with van der Waals surface area (Å²) in [5.41, 5.74) is 0.422. The first-order chi connectivity index (χ1) is 9.45. The van der Waals surface area contributed by atoms with E-state index in [0.717, 1.165) is 6.07 Å². The van der Waals surface area contributed by atoms with Crippen molar-refractivity contribution < 1.29 is 13.9 Å². The van der Waals surface area contributed by atoms with Gasteiger partial charge in [0.25, 0.3) is 0 Å². The molecule has 2 aromatic rings. The van der Waals surface area contributed by atoms with Gasteiger partial charge < -0.3 is 5.11 Å². The molecule has 2 rings (SSSR count). The Labute approximate surface area is 116 Å². The van der Waals surface area contributed by atoms with Crippen LogP contribution in [0.15, 0.2) is 24.5 Å². The number of nitrogens with zero attached hydrogens (tertiary/aromatic N) is 3.